The second-order valence-corrected chi connectivity index (χ2v) is 6.48. The van der Waals surface area contributed by atoms with Crippen LogP contribution in [0.2, 0.25) is 0 Å². The molecule has 0 aliphatic carbocycles. The third-order valence-electron chi connectivity index (χ3n) is 4.80. The van der Waals surface area contributed by atoms with E-state index in [1.54, 1.807) is 30.2 Å². The molecule has 1 heterocycles. The summed E-state index contributed by atoms with van der Waals surface area (Å²) in [4.78, 5) is 26.8. The van der Waals surface area contributed by atoms with Crippen LogP contribution in [-0.2, 0) is 9.59 Å². The summed E-state index contributed by atoms with van der Waals surface area (Å²) in [6.07, 6.45) is 0.201. The van der Waals surface area contributed by atoms with E-state index in [1.807, 2.05) is 37.3 Å². The fraction of sp³-hybridized carbons (Fsp3) is 0.300. The van der Waals surface area contributed by atoms with E-state index < -0.39 is 5.92 Å². The van der Waals surface area contributed by atoms with Crippen molar-refractivity contribution >= 4 is 23.2 Å². The zero-order chi connectivity index (χ0) is 18.7. The van der Waals surface area contributed by atoms with E-state index >= 15 is 0 Å². The molecule has 2 unspecified atom stereocenters. The Balaban J connectivity index is 1.69. The molecule has 6 nitrogen and oxygen atoms in total. The van der Waals surface area contributed by atoms with Crippen LogP contribution < -0.4 is 15.8 Å². The molecule has 6 heteroatoms. The van der Waals surface area contributed by atoms with Crippen molar-refractivity contribution in [2.75, 3.05) is 24.7 Å². The molecule has 0 radical (unpaired) electrons. The summed E-state index contributed by atoms with van der Waals surface area (Å²) in [6.45, 7) is 2.37. The normalized spacial score (nSPS) is 17.8. The Labute approximate surface area is 152 Å². The van der Waals surface area contributed by atoms with Gasteiger partial charge in [-0.3, -0.25) is 9.59 Å². The number of nitrogens with two attached hydrogens (primary N) is 1. The average Bonchev–Trinajstić information content (AvgIpc) is 3.05. The predicted molar refractivity (Wildman–Crippen MR) is 101 cm³/mol. The molecule has 3 N–H and O–H groups in total. The smallest absolute Gasteiger partial charge is 0.229 e. The van der Waals surface area contributed by atoms with Gasteiger partial charge in [0.05, 0.1) is 30.4 Å². The van der Waals surface area contributed by atoms with Crippen molar-refractivity contribution < 1.29 is 14.3 Å². The highest BCUT2D eigenvalue weighted by molar-refractivity contribution is 5.99. The van der Waals surface area contributed by atoms with Crippen LogP contribution in [0, 0.1) is 5.92 Å². The maximum Gasteiger partial charge on any atom is 0.229 e. The number of carbonyl (C=O) groups is 2. The quantitative estimate of drug-likeness (QED) is 0.810. The number of anilines is 2. The minimum absolute atomic E-state index is 0.0138. The van der Waals surface area contributed by atoms with E-state index in [0.717, 1.165) is 5.56 Å². The van der Waals surface area contributed by atoms with E-state index in [1.165, 1.54) is 0 Å². The number of hydrogen-bond donors (Lipinski definition) is 2. The van der Waals surface area contributed by atoms with E-state index in [9.17, 15) is 9.59 Å². The highest BCUT2D eigenvalue weighted by atomic mass is 16.5. The Morgan fingerprint density at radius 1 is 1.27 bits per heavy atom. The van der Waals surface area contributed by atoms with Gasteiger partial charge in [0.2, 0.25) is 11.8 Å². The second-order valence-electron chi connectivity index (χ2n) is 6.48. The van der Waals surface area contributed by atoms with Gasteiger partial charge in [-0.05, 0) is 24.6 Å². The van der Waals surface area contributed by atoms with Gasteiger partial charge in [0.25, 0.3) is 0 Å². The van der Waals surface area contributed by atoms with Crippen LogP contribution in [-0.4, -0.2) is 30.4 Å². The summed E-state index contributed by atoms with van der Waals surface area (Å²) in [7, 11) is 1.55. The second kappa shape index (κ2) is 7.47. The molecule has 1 aliphatic heterocycles. The van der Waals surface area contributed by atoms with E-state index in [4.69, 9.17) is 10.5 Å². The Kier molecular flexibility index (Phi) is 5.11. The van der Waals surface area contributed by atoms with Crippen molar-refractivity contribution in [1.82, 2.24) is 4.90 Å². The molecule has 0 bridgehead atoms. The topological polar surface area (TPSA) is 84.7 Å². The molecule has 0 saturated carbocycles. The Bertz CT molecular complexity index is 807. The first-order valence-electron chi connectivity index (χ1n) is 8.58. The summed E-state index contributed by atoms with van der Waals surface area (Å²) >= 11 is 0. The Morgan fingerprint density at radius 3 is 2.69 bits per heavy atom. The summed E-state index contributed by atoms with van der Waals surface area (Å²) < 4.78 is 5.16. The summed E-state index contributed by atoms with van der Waals surface area (Å²) in [5.41, 5.74) is 7.93. The lowest BCUT2D eigenvalue weighted by atomic mass is 10.1. The van der Waals surface area contributed by atoms with Gasteiger partial charge in [0, 0.05) is 19.0 Å². The molecule has 0 aromatic heterocycles. The van der Waals surface area contributed by atoms with Crippen LogP contribution in [0.25, 0.3) is 0 Å². The first kappa shape index (κ1) is 17.8. The minimum atomic E-state index is -0.403. The SMILES string of the molecule is COc1ccc(N)c(NC(=O)C2CC(=O)N(C(C)c3ccccc3)C2)c1. The Morgan fingerprint density at radius 2 is 2.00 bits per heavy atom. The zero-order valence-corrected chi connectivity index (χ0v) is 14.9. The molecule has 2 atom stereocenters. The van der Waals surface area contributed by atoms with Gasteiger partial charge in [-0.25, -0.2) is 0 Å². The molecule has 3 rings (SSSR count). The van der Waals surface area contributed by atoms with Crippen molar-refractivity contribution in [1.29, 1.82) is 0 Å². The number of amides is 2. The lowest BCUT2D eigenvalue weighted by Crippen LogP contribution is -2.30. The van der Waals surface area contributed by atoms with E-state index in [0.29, 0.717) is 23.7 Å². The van der Waals surface area contributed by atoms with Crippen molar-refractivity contribution in [3.8, 4) is 5.75 Å². The third kappa shape index (κ3) is 3.64. The van der Waals surface area contributed by atoms with Crippen molar-refractivity contribution in [3.05, 3.63) is 54.1 Å². The molecular formula is C20H23N3O3. The molecule has 136 valence electrons. The van der Waals surface area contributed by atoms with Gasteiger partial charge in [-0.1, -0.05) is 30.3 Å². The number of benzene rings is 2. The van der Waals surface area contributed by atoms with Crippen LogP contribution in [0.4, 0.5) is 11.4 Å². The van der Waals surface area contributed by atoms with Gasteiger partial charge >= 0.3 is 0 Å². The highest BCUT2D eigenvalue weighted by Gasteiger charge is 2.37. The molecule has 1 fully saturated rings. The molecule has 1 aliphatic rings. The zero-order valence-electron chi connectivity index (χ0n) is 14.9. The van der Waals surface area contributed by atoms with Crippen molar-refractivity contribution in [3.63, 3.8) is 0 Å². The Hall–Kier alpha value is -3.02. The standard InChI is InChI=1S/C20H23N3O3/c1-13(14-6-4-3-5-7-14)23-12-15(10-19(23)24)20(25)22-18-11-16(26-2)8-9-17(18)21/h3-9,11,13,15H,10,12,21H2,1-2H3,(H,22,25). The molecule has 0 spiro atoms. The van der Waals surface area contributed by atoms with E-state index in [-0.39, 0.29) is 24.3 Å². The number of nitrogen functional groups attached to an aromatic ring is 1. The maximum atomic E-state index is 12.6. The number of nitrogens with zero attached hydrogens (tertiary/aromatic N) is 1. The first-order valence-corrected chi connectivity index (χ1v) is 8.58. The number of likely N-dealkylation sites (tertiary alicyclic amines) is 1. The number of ether oxygens (including phenoxy) is 1. The third-order valence-corrected chi connectivity index (χ3v) is 4.80. The number of hydrogen-bond acceptors (Lipinski definition) is 4. The summed E-state index contributed by atoms with van der Waals surface area (Å²) in [5, 5.41) is 2.82. The van der Waals surface area contributed by atoms with Crippen LogP contribution in [0.5, 0.6) is 5.75 Å². The lowest BCUT2D eigenvalue weighted by molar-refractivity contribution is -0.129. The average molecular weight is 353 g/mol. The number of nitrogens with one attached hydrogen (secondary N) is 1. The lowest BCUT2D eigenvalue weighted by Gasteiger charge is -2.25. The van der Waals surface area contributed by atoms with E-state index in [2.05, 4.69) is 5.32 Å². The molecule has 2 aromatic carbocycles. The van der Waals surface area contributed by atoms with Crippen molar-refractivity contribution in [2.24, 2.45) is 5.92 Å². The molecule has 26 heavy (non-hydrogen) atoms. The van der Waals surface area contributed by atoms with Gasteiger partial charge in [0.1, 0.15) is 5.75 Å². The molecule has 2 aromatic rings. The number of carbonyl (C=O) groups excluding carboxylic acids is 2. The predicted octanol–water partition coefficient (Wildman–Crippen LogP) is 2.83. The molecular weight excluding hydrogens is 330 g/mol. The molecule has 1 saturated heterocycles. The van der Waals surface area contributed by atoms with Crippen LogP contribution in [0.3, 0.4) is 0 Å². The monoisotopic (exact) mass is 353 g/mol. The van der Waals surface area contributed by atoms with Gasteiger partial charge < -0.3 is 20.7 Å². The largest absolute Gasteiger partial charge is 0.497 e. The minimum Gasteiger partial charge on any atom is -0.497 e. The summed E-state index contributed by atoms with van der Waals surface area (Å²) in [5.74, 6) is -0.0169. The first-order chi connectivity index (χ1) is 12.5. The fourth-order valence-electron chi connectivity index (χ4n) is 3.20. The fourth-order valence-corrected chi connectivity index (χ4v) is 3.20. The van der Waals surface area contributed by atoms with Crippen LogP contribution in [0.1, 0.15) is 24.9 Å². The highest BCUT2D eigenvalue weighted by Crippen LogP contribution is 2.30. The van der Waals surface area contributed by atoms with Gasteiger partial charge in [0.15, 0.2) is 0 Å². The van der Waals surface area contributed by atoms with Crippen molar-refractivity contribution in [2.45, 2.75) is 19.4 Å². The van der Waals surface area contributed by atoms with Gasteiger partial charge in [-0.2, -0.15) is 0 Å². The number of methoxy groups -OCH3 is 1. The number of rotatable bonds is 5. The molecule has 2 amide bonds. The maximum absolute atomic E-state index is 12.6. The van der Waals surface area contributed by atoms with Crippen LogP contribution >= 0.6 is 0 Å². The summed E-state index contributed by atoms with van der Waals surface area (Å²) in [6, 6.07) is 14.8. The van der Waals surface area contributed by atoms with Crippen LogP contribution in [0.15, 0.2) is 48.5 Å². The van der Waals surface area contributed by atoms with Gasteiger partial charge in [-0.15, -0.1) is 0 Å².